The quantitative estimate of drug-likeness (QED) is 0.336. The molecular weight excluding hydrogens is 546 g/mol. The zero-order chi connectivity index (χ0) is 24.4. The molecule has 3 aromatic carbocycles. The largest absolute Gasteiger partial charge is 0.489 e. The third-order valence-corrected chi connectivity index (χ3v) is 8.02. The van der Waals surface area contributed by atoms with E-state index in [4.69, 9.17) is 16.3 Å². The summed E-state index contributed by atoms with van der Waals surface area (Å²) in [6.45, 7) is 0.880. The van der Waals surface area contributed by atoms with Gasteiger partial charge in [-0.05, 0) is 59.7 Å². The minimum atomic E-state index is -0.254. The second-order valence-corrected chi connectivity index (χ2v) is 10.6. The maximum absolute atomic E-state index is 13.2. The van der Waals surface area contributed by atoms with E-state index in [2.05, 4.69) is 26.9 Å². The molecule has 0 spiro atoms. The van der Waals surface area contributed by atoms with Crippen LogP contribution in [-0.2, 0) is 11.4 Å². The van der Waals surface area contributed by atoms with Crippen molar-refractivity contribution in [3.63, 3.8) is 0 Å². The zero-order valence-corrected chi connectivity index (χ0v) is 21.8. The molecule has 35 heavy (non-hydrogen) atoms. The van der Waals surface area contributed by atoms with Gasteiger partial charge in [-0.1, -0.05) is 63.6 Å². The van der Waals surface area contributed by atoms with Crippen LogP contribution in [0.3, 0.4) is 0 Å². The van der Waals surface area contributed by atoms with Crippen molar-refractivity contribution in [2.45, 2.75) is 18.9 Å². The highest BCUT2D eigenvalue weighted by Crippen LogP contribution is 2.43. The van der Waals surface area contributed by atoms with Gasteiger partial charge in [-0.15, -0.1) is 0 Å². The van der Waals surface area contributed by atoms with Crippen LogP contribution in [0.15, 0.2) is 87.9 Å². The molecule has 176 valence electrons. The second-order valence-electron chi connectivity index (χ2n) is 8.32. The van der Waals surface area contributed by atoms with Crippen LogP contribution in [0.2, 0.25) is 5.02 Å². The number of carbonyl (C=O) groups excluding carboxylic acids is 1. The number of anilines is 1. The van der Waals surface area contributed by atoms with Crippen molar-refractivity contribution in [3.8, 4) is 11.8 Å². The number of hydrogen-bond donors (Lipinski definition) is 0. The molecule has 2 heterocycles. The average molecular weight is 567 g/mol. The summed E-state index contributed by atoms with van der Waals surface area (Å²) >= 11 is 10.9. The van der Waals surface area contributed by atoms with E-state index >= 15 is 0 Å². The third-order valence-electron chi connectivity index (χ3n) is 6.09. The maximum atomic E-state index is 13.2. The Morgan fingerprint density at radius 1 is 1.06 bits per heavy atom. The number of fused-ring (bicyclic) bond motifs is 1. The summed E-state index contributed by atoms with van der Waals surface area (Å²) in [5.74, 6) is 1.18. The predicted octanol–water partition coefficient (Wildman–Crippen LogP) is 6.90. The summed E-state index contributed by atoms with van der Waals surface area (Å²) in [6.07, 6.45) is 0.270. The second kappa shape index (κ2) is 10.4. The van der Waals surface area contributed by atoms with Crippen LogP contribution in [0, 0.1) is 11.3 Å². The molecule has 5 nitrogen and oxygen atoms in total. The molecule has 2 aliphatic heterocycles. The molecule has 1 atom stereocenters. The van der Waals surface area contributed by atoms with E-state index in [0.29, 0.717) is 29.7 Å². The normalized spacial score (nSPS) is 17.7. The number of benzene rings is 3. The summed E-state index contributed by atoms with van der Waals surface area (Å²) in [6, 6.07) is 25.7. The molecule has 0 aromatic heterocycles. The first kappa shape index (κ1) is 23.8. The van der Waals surface area contributed by atoms with E-state index < -0.39 is 0 Å². The van der Waals surface area contributed by atoms with Gasteiger partial charge in [-0.2, -0.15) is 5.26 Å². The topological polar surface area (TPSA) is 56.6 Å². The lowest BCUT2D eigenvalue weighted by atomic mass is 9.86. The fraction of sp³-hybridized carbons (Fsp3) is 0.185. The van der Waals surface area contributed by atoms with Crippen LogP contribution in [0.5, 0.6) is 5.75 Å². The van der Waals surface area contributed by atoms with Gasteiger partial charge >= 0.3 is 0 Å². The minimum absolute atomic E-state index is 0.0291. The molecule has 0 saturated carbocycles. The Balaban J connectivity index is 1.31. The fourth-order valence-electron chi connectivity index (χ4n) is 4.21. The highest BCUT2D eigenvalue weighted by atomic mass is 79.9. The molecule has 3 aromatic rings. The van der Waals surface area contributed by atoms with Gasteiger partial charge in [0.2, 0.25) is 5.91 Å². The summed E-state index contributed by atoms with van der Waals surface area (Å²) in [5.41, 5.74) is 3.67. The van der Waals surface area contributed by atoms with Crippen molar-refractivity contribution < 1.29 is 9.53 Å². The van der Waals surface area contributed by atoms with Crippen molar-refractivity contribution in [1.29, 1.82) is 5.26 Å². The standard InChI is InChI=1S/C27H21BrClN3O2S/c28-20-5-9-22(10-6-20)31-16-32-26(33)13-24(25(14-30)27(32)35-17-31)19-3-11-23(12-4-19)34-15-18-1-7-21(29)8-2-18/h1-12,24H,13,15-17H2. The number of carbonyl (C=O) groups is 1. The Bertz CT molecular complexity index is 1300. The fourth-order valence-corrected chi connectivity index (χ4v) is 5.76. The van der Waals surface area contributed by atoms with Crippen LogP contribution >= 0.6 is 39.3 Å². The molecule has 5 rings (SSSR count). The maximum Gasteiger partial charge on any atom is 0.229 e. The molecule has 8 heteroatoms. The van der Waals surface area contributed by atoms with E-state index in [0.717, 1.165) is 32.1 Å². The van der Waals surface area contributed by atoms with Crippen LogP contribution < -0.4 is 9.64 Å². The monoisotopic (exact) mass is 565 g/mol. The lowest BCUT2D eigenvalue weighted by molar-refractivity contribution is -0.129. The number of ether oxygens (including phenoxy) is 1. The summed E-state index contributed by atoms with van der Waals surface area (Å²) in [5, 5.41) is 11.5. The highest BCUT2D eigenvalue weighted by Gasteiger charge is 2.38. The van der Waals surface area contributed by atoms with Gasteiger partial charge in [-0.25, -0.2) is 0 Å². The number of rotatable bonds is 5. The average Bonchev–Trinajstić information content (AvgIpc) is 2.89. The Morgan fingerprint density at radius 3 is 2.46 bits per heavy atom. The van der Waals surface area contributed by atoms with Crippen molar-refractivity contribution in [2.24, 2.45) is 0 Å². The van der Waals surface area contributed by atoms with Crippen molar-refractivity contribution in [1.82, 2.24) is 4.90 Å². The minimum Gasteiger partial charge on any atom is -0.489 e. The number of halogens is 2. The zero-order valence-electron chi connectivity index (χ0n) is 18.7. The number of amides is 1. The van der Waals surface area contributed by atoms with Crippen molar-refractivity contribution in [2.75, 3.05) is 17.4 Å². The third kappa shape index (κ3) is 5.20. The molecule has 0 radical (unpaired) electrons. The summed E-state index contributed by atoms with van der Waals surface area (Å²) in [4.78, 5) is 17.0. The molecule has 1 saturated heterocycles. The molecule has 1 fully saturated rings. The first-order valence-electron chi connectivity index (χ1n) is 11.1. The SMILES string of the molecule is N#CC1=C2SCN(c3ccc(Br)cc3)CN2C(=O)CC1c1ccc(OCc2ccc(Cl)cc2)cc1. The predicted molar refractivity (Wildman–Crippen MR) is 143 cm³/mol. The molecule has 1 amide bonds. The van der Waals surface area contributed by atoms with Gasteiger partial charge in [-0.3, -0.25) is 9.69 Å². The van der Waals surface area contributed by atoms with E-state index in [9.17, 15) is 10.1 Å². The molecule has 1 unspecified atom stereocenters. The van der Waals surface area contributed by atoms with Gasteiger partial charge < -0.3 is 9.64 Å². The van der Waals surface area contributed by atoms with Crippen molar-refractivity contribution >= 4 is 50.9 Å². The van der Waals surface area contributed by atoms with Gasteiger partial charge in [0.25, 0.3) is 0 Å². The number of nitriles is 1. The lowest BCUT2D eigenvalue weighted by Gasteiger charge is -2.42. The van der Waals surface area contributed by atoms with Crippen LogP contribution in [0.25, 0.3) is 0 Å². The van der Waals surface area contributed by atoms with Gasteiger partial charge in [0, 0.05) is 27.5 Å². The lowest BCUT2D eigenvalue weighted by Crippen LogP contribution is -2.47. The van der Waals surface area contributed by atoms with Crippen molar-refractivity contribution in [3.05, 3.63) is 104 Å². The first-order valence-corrected chi connectivity index (χ1v) is 13.2. The first-order chi connectivity index (χ1) is 17.0. The van der Waals surface area contributed by atoms with E-state index in [1.807, 2.05) is 72.8 Å². The molecule has 0 N–H and O–H groups in total. The number of nitrogens with zero attached hydrogens (tertiary/aromatic N) is 3. The highest BCUT2D eigenvalue weighted by molar-refractivity contribution is 9.10. The number of allylic oxidation sites excluding steroid dienone is 1. The Kier molecular flexibility index (Phi) is 7.05. The number of hydrogen-bond acceptors (Lipinski definition) is 5. The summed E-state index contributed by atoms with van der Waals surface area (Å²) < 4.78 is 6.90. The number of thioether (sulfide) groups is 1. The Labute approximate surface area is 222 Å². The molecule has 2 aliphatic rings. The smallest absolute Gasteiger partial charge is 0.229 e. The Hall–Kier alpha value is -2.92. The molecule has 0 aliphatic carbocycles. The van der Waals surface area contributed by atoms with E-state index in [1.165, 1.54) is 0 Å². The van der Waals surface area contributed by atoms with Gasteiger partial charge in [0.1, 0.15) is 12.4 Å². The Morgan fingerprint density at radius 2 is 1.77 bits per heavy atom. The van der Waals surface area contributed by atoms with Crippen LogP contribution in [0.1, 0.15) is 23.5 Å². The van der Waals surface area contributed by atoms with E-state index in [-0.39, 0.29) is 18.2 Å². The van der Waals surface area contributed by atoms with Gasteiger partial charge in [0.05, 0.1) is 29.2 Å². The van der Waals surface area contributed by atoms with Crippen LogP contribution in [-0.4, -0.2) is 23.4 Å². The van der Waals surface area contributed by atoms with E-state index in [1.54, 1.807) is 16.7 Å². The summed E-state index contributed by atoms with van der Waals surface area (Å²) in [7, 11) is 0. The van der Waals surface area contributed by atoms with Gasteiger partial charge in [0.15, 0.2) is 0 Å². The molecular formula is C27H21BrClN3O2S. The van der Waals surface area contributed by atoms with Crippen LogP contribution in [0.4, 0.5) is 5.69 Å². The molecule has 0 bridgehead atoms.